The van der Waals surface area contributed by atoms with Crippen LogP contribution < -0.4 is 5.32 Å². The Bertz CT molecular complexity index is 543. The van der Waals surface area contributed by atoms with Gasteiger partial charge in [0, 0.05) is 37.6 Å². The molecule has 2 rings (SSSR count). The molecule has 0 saturated carbocycles. The molecular formula is C12H16F3N5. The van der Waals surface area contributed by atoms with Crippen LogP contribution in [-0.2, 0) is 26.2 Å². The van der Waals surface area contributed by atoms with Crippen LogP contribution in [0, 0.1) is 0 Å². The summed E-state index contributed by atoms with van der Waals surface area (Å²) >= 11 is 0. The summed E-state index contributed by atoms with van der Waals surface area (Å²) < 4.78 is 39.2. The minimum Gasteiger partial charge on any atom is -0.307 e. The Morgan fingerprint density at radius 3 is 2.70 bits per heavy atom. The molecule has 2 aromatic heterocycles. The van der Waals surface area contributed by atoms with Crippen LogP contribution in [0.4, 0.5) is 13.2 Å². The van der Waals surface area contributed by atoms with Crippen LogP contribution >= 0.6 is 0 Å². The van der Waals surface area contributed by atoms with Gasteiger partial charge in [0.2, 0.25) is 0 Å². The average molecular weight is 287 g/mol. The highest BCUT2D eigenvalue weighted by Crippen LogP contribution is 2.17. The first-order valence-electron chi connectivity index (χ1n) is 6.27. The van der Waals surface area contributed by atoms with Crippen molar-refractivity contribution in [2.75, 3.05) is 0 Å². The van der Waals surface area contributed by atoms with Gasteiger partial charge in [0.1, 0.15) is 6.54 Å². The van der Waals surface area contributed by atoms with Gasteiger partial charge in [-0.3, -0.25) is 9.36 Å². The minimum absolute atomic E-state index is 0.455. The predicted molar refractivity (Wildman–Crippen MR) is 66.7 cm³/mol. The maximum absolute atomic E-state index is 12.2. The lowest BCUT2D eigenvalue weighted by molar-refractivity contribution is -0.142. The summed E-state index contributed by atoms with van der Waals surface area (Å²) in [6.07, 6.45) is 0.469. The Kier molecular flexibility index (Phi) is 4.43. The number of hydrogen-bond acceptors (Lipinski definition) is 3. The fourth-order valence-electron chi connectivity index (χ4n) is 1.78. The van der Waals surface area contributed by atoms with E-state index >= 15 is 0 Å². The van der Waals surface area contributed by atoms with E-state index in [0.717, 1.165) is 16.9 Å². The lowest BCUT2D eigenvalue weighted by atomic mass is 10.3. The number of halogens is 3. The topological polar surface area (TPSA) is 47.7 Å². The molecule has 1 N–H and O–H groups in total. The molecular weight excluding hydrogens is 271 g/mol. The van der Waals surface area contributed by atoms with Gasteiger partial charge in [-0.05, 0) is 13.0 Å². The van der Waals surface area contributed by atoms with Crippen molar-refractivity contribution in [2.45, 2.75) is 39.3 Å². The van der Waals surface area contributed by atoms with Gasteiger partial charge < -0.3 is 5.32 Å². The zero-order valence-electron chi connectivity index (χ0n) is 11.1. The predicted octanol–water partition coefficient (Wildman–Crippen LogP) is 1.95. The molecule has 0 saturated heterocycles. The van der Waals surface area contributed by atoms with Crippen molar-refractivity contribution in [3.63, 3.8) is 0 Å². The number of nitrogens with one attached hydrogen (secondary N) is 1. The van der Waals surface area contributed by atoms with Gasteiger partial charge in [-0.25, -0.2) is 0 Å². The van der Waals surface area contributed by atoms with Crippen molar-refractivity contribution < 1.29 is 13.2 Å². The Labute approximate surface area is 114 Å². The molecule has 5 nitrogen and oxygen atoms in total. The number of hydrogen-bond donors (Lipinski definition) is 1. The second-order valence-electron chi connectivity index (χ2n) is 4.43. The van der Waals surface area contributed by atoms with Gasteiger partial charge in [-0.15, -0.1) is 0 Å². The number of alkyl halides is 3. The molecule has 20 heavy (non-hydrogen) atoms. The Morgan fingerprint density at radius 2 is 2.05 bits per heavy atom. The number of rotatable bonds is 6. The van der Waals surface area contributed by atoms with Crippen molar-refractivity contribution >= 4 is 0 Å². The highest BCUT2D eigenvalue weighted by molar-refractivity contribution is 5.04. The Balaban J connectivity index is 1.79. The van der Waals surface area contributed by atoms with Crippen LogP contribution in [0.3, 0.4) is 0 Å². The standard InChI is InChI=1S/C12H16F3N5/c1-2-19-4-3-11(18-19)7-16-5-10-6-17-20(8-10)9-12(13,14)15/h3-4,6,8,16H,2,5,7,9H2,1H3. The molecule has 0 unspecified atom stereocenters. The normalized spacial score (nSPS) is 12.0. The molecule has 0 aliphatic heterocycles. The largest absolute Gasteiger partial charge is 0.408 e. The number of aromatic nitrogens is 4. The minimum atomic E-state index is -4.25. The van der Waals surface area contributed by atoms with E-state index in [1.807, 2.05) is 23.9 Å². The molecule has 0 atom stereocenters. The monoisotopic (exact) mass is 287 g/mol. The van der Waals surface area contributed by atoms with Crippen LogP contribution in [-0.4, -0.2) is 25.7 Å². The molecule has 0 fully saturated rings. The van der Waals surface area contributed by atoms with Gasteiger partial charge in [0.25, 0.3) is 0 Å². The van der Waals surface area contributed by atoms with Gasteiger partial charge in [0.15, 0.2) is 0 Å². The summed E-state index contributed by atoms with van der Waals surface area (Å²) in [6.45, 7) is 2.77. The maximum atomic E-state index is 12.2. The second-order valence-corrected chi connectivity index (χ2v) is 4.43. The molecule has 2 heterocycles. The van der Waals surface area contributed by atoms with Crippen molar-refractivity contribution in [1.82, 2.24) is 24.9 Å². The van der Waals surface area contributed by atoms with E-state index in [0.29, 0.717) is 18.7 Å². The lowest BCUT2D eigenvalue weighted by Crippen LogP contribution is -2.18. The molecule has 0 aliphatic carbocycles. The molecule has 0 radical (unpaired) electrons. The number of nitrogens with zero attached hydrogens (tertiary/aromatic N) is 4. The summed E-state index contributed by atoms with van der Waals surface area (Å²) in [5, 5.41) is 11.1. The summed E-state index contributed by atoms with van der Waals surface area (Å²) in [7, 11) is 0. The Morgan fingerprint density at radius 1 is 1.25 bits per heavy atom. The zero-order chi connectivity index (χ0) is 14.6. The lowest BCUT2D eigenvalue weighted by Gasteiger charge is -2.05. The van der Waals surface area contributed by atoms with Crippen LogP contribution in [0.5, 0.6) is 0 Å². The third-order valence-corrected chi connectivity index (χ3v) is 2.68. The molecule has 2 aromatic rings. The van der Waals surface area contributed by atoms with E-state index in [4.69, 9.17) is 0 Å². The van der Waals surface area contributed by atoms with E-state index in [1.54, 1.807) is 0 Å². The first-order chi connectivity index (χ1) is 9.46. The van der Waals surface area contributed by atoms with Crippen molar-refractivity contribution in [1.29, 1.82) is 0 Å². The number of aryl methyl sites for hydroxylation is 1. The zero-order valence-corrected chi connectivity index (χ0v) is 11.1. The fourth-order valence-corrected chi connectivity index (χ4v) is 1.78. The van der Waals surface area contributed by atoms with Gasteiger partial charge in [-0.1, -0.05) is 0 Å². The molecule has 8 heteroatoms. The van der Waals surface area contributed by atoms with E-state index in [1.165, 1.54) is 12.4 Å². The molecule has 0 spiro atoms. The summed E-state index contributed by atoms with van der Waals surface area (Å²) in [4.78, 5) is 0. The van der Waals surface area contributed by atoms with Gasteiger partial charge in [0.05, 0.1) is 11.9 Å². The van der Waals surface area contributed by atoms with Crippen molar-refractivity contribution in [2.24, 2.45) is 0 Å². The first kappa shape index (κ1) is 14.6. The van der Waals surface area contributed by atoms with Crippen LogP contribution in [0.15, 0.2) is 24.7 Å². The third kappa shape index (κ3) is 4.37. The van der Waals surface area contributed by atoms with E-state index in [2.05, 4.69) is 15.5 Å². The van der Waals surface area contributed by atoms with E-state index in [9.17, 15) is 13.2 Å². The molecule has 0 bridgehead atoms. The first-order valence-corrected chi connectivity index (χ1v) is 6.27. The van der Waals surface area contributed by atoms with Crippen molar-refractivity contribution in [3.8, 4) is 0 Å². The van der Waals surface area contributed by atoms with Crippen LogP contribution in [0.2, 0.25) is 0 Å². The van der Waals surface area contributed by atoms with Crippen LogP contribution in [0.25, 0.3) is 0 Å². The maximum Gasteiger partial charge on any atom is 0.408 e. The molecule has 0 aromatic carbocycles. The fraction of sp³-hybridized carbons (Fsp3) is 0.500. The SMILES string of the molecule is CCn1ccc(CNCc2cnn(CC(F)(F)F)c2)n1. The van der Waals surface area contributed by atoms with Crippen molar-refractivity contribution in [3.05, 3.63) is 35.9 Å². The van der Waals surface area contributed by atoms with Crippen LogP contribution in [0.1, 0.15) is 18.2 Å². The molecule has 0 amide bonds. The van der Waals surface area contributed by atoms with Gasteiger partial charge in [-0.2, -0.15) is 23.4 Å². The highest BCUT2D eigenvalue weighted by Gasteiger charge is 2.28. The summed E-state index contributed by atoms with van der Waals surface area (Å²) in [5.41, 5.74) is 1.61. The Hall–Kier alpha value is -1.83. The molecule has 110 valence electrons. The summed E-state index contributed by atoms with van der Waals surface area (Å²) in [5.74, 6) is 0. The van der Waals surface area contributed by atoms with E-state index in [-0.39, 0.29) is 0 Å². The highest BCUT2D eigenvalue weighted by atomic mass is 19.4. The second kappa shape index (κ2) is 6.08. The van der Waals surface area contributed by atoms with Gasteiger partial charge >= 0.3 is 6.18 Å². The molecule has 0 aliphatic rings. The summed E-state index contributed by atoms with van der Waals surface area (Å²) in [6, 6.07) is 1.91. The average Bonchev–Trinajstić information content (AvgIpc) is 2.97. The quantitative estimate of drug-likeness (QED) is 0.883. The van der Waals surface area contributed by atoms with E-state index < -0.39 is 12.7 Å². The third-order valence-electron chi connectivity index (χ3n) is 2.68. The smallest absolute Gasteiger partial charge is 0.307 e.